The molecule has 3 unspecified atom stereocenters. The Morgan fingerprint density at radius 1 is 0.635 bits per heavy atom. The van der Waals surface area contributed by atoms with Gasteiger partial charge in [0.25, 0.3) is 0 Å². The van der Waals surface area contributed by atoms with Crippen LogP contribution in [-0.4, -0.2) is 79.2 Å². The summed E-state index contributed by atoms with van der Waals surface area (Å²) in [6.07, 6.45) is 1.46. The zero-order chi connectivity index (χ0) is 54.8. The molecule has 7 rings (SSSR count). The van der Waals surface area contributed by atoms with Gasteiger partial charge < -0.3 is 50.5 Å². The topological polar surface area (TPSA) is 166 Å². The molecule has 1 fully saturated rings. The van der Waals surface area contributed by atoms with Crippen LogP contribution in [-0.2, 0) is 39.9 Å². The lowest BCUT2D eigenvalue weighted by Crippen LogP contribution is -2.50. The van der Waals surface area contributed by atoms with E-state index in [0.29, 0.717) is 29.8 Å². The fourth-order valence-corrected chi connectivity index (χ4v) is 8.71. The number of amides is 2. The van der Waals surface area contributed by atoms with E-state index in [2.05, 4.69) is 87.8 Å². The normalized spacial score (nSPS) is 18.4. The van der Waals surface area contributed by atoms with Gasteiger partial charge in [0.2, 0.25) is 0 Å². The number of ether oxygens (including phenoxy) is 5. The maximum absolute atomic E-state index is 13.8. The largest absolute Gasteiger partial charge is 0.493 e. The van der Waals surface area contributed by atoms with Crippen molar-refractivity contribution in [3.05, 3.63) is 129 Å². The number of carbonyl (C=O) groups excluding carboxylic acids is 2. The van der Waals surface area contributed by atoms with Crippen molar-refractivity contribution in [1.29, 1.82) is 0 Å². The molecule has 0 spiro atoms. The first-order valence-corrected chi connectivity index (χ1v) is 25.6. The van der Waals surface area contributed by atoms with Gasteiger partial charge in [0, 0.05) is 54.7 Å². The Balaban J connectivity index is 0.000000229. The summed E-state index contributed by atoms with van der Waals surface area (Å²) in [6.45, 7) is 25.8. The molecule has 4 aromatic rings. The predicted molar refractivity (Wildman–Crippen MR) is 279 cm³/mol. The van der Waals surface area contributed by atoms with E-state index in [9.17, 15) is 32.3 Å². The molecule has 3 heterocycles. The Morgan fingerprint density at radius 3 is 1.55 bits per heavy atom. The summed E-state index contributed by atoms with van der Waals surface area (Å²) >= 11 is 0. The Bertz CT molecular complexity index is 2450. The summed E-state index contributed by atoms with van der Waals surface area (Å²) in [5, 5.41) is 19.9. The fraction of sp³-hybridized carbons (Fsp3) is 0.552. The highest BCUT2D eigenvalue weighted by molar-refractivity contribution is 5.68. The quantitative estimate of drug-likeness (QED) is 0.0643. The van der Waals surface area contributed by atoms with Gasteiger partial charge in [-0.2, -0.15) is 0 Å². The number of hydrogen-bond donors (Lipinski definition) is 5. The van der Waals surface area contributed by atoms with Crippen LogP contribution in [0.15, 0.2) is 72.8 Å². The summed E-state index contributed by atoms with van der Waals surface area (Å²) in [5.41, 5.74) is 10.8. The highest BCUT2D eigenvalue weighted by atomic mass is 19.1. The Morgan fingerprint density at radius 2 is 1.08 bits per heavy atom. The molecule has 6 N–H and O–H groups in total. The molecule has 74 heavy (non-hydrogen) atoms. The fourth-order valence-electron chi connectivity index (χ4n) is 8.71. The lowest BCUT2D eigenvalue weighted by Gasteiger charge is -2.31. The number of hydrogen-bond acceptors (Lipinski definition) is 10. The number of nitrogens with one attached hydrogen (secondary N) is 3. The molecular weight excluding hydrogens is 957 g/mol. The minimum Gasteiger partial charge on any atom is -0.493 e. The van der Waals surface area contributed by atoms with Crippen LogP contribution in [0.25, 0.3) is 0 Å². The number of alkyl carbamates (subject to hydrolysis) is 2. The number of aliphatic hydroxyl groups excluding tert-OH is 1. The summed E-state index contributed by atoms with van der Waals surface area (Å²) in [7, 11) is 0. The van der Waals surface area contributed by atoms with E-state index in [1.807, 2.05) is 6.07 Å². The number of aliphatic hydroxyl groups is 1. The highest BCUT2D eigenvalue weighted by Gasteiger charge is 2.35. The van der Waals surface area contributed by atoms with Crippen molar-refractivity contribution in [2.45, 2.75) is 169 Å². The zero-order valence-electron chi connectivity index (χ0n) is 45.4. The number of fused-ring (bicyclic) bond motifs is 2. The molecule has 0 aliphatic carbocycles. The van der Waals surface area contributed by atoms with E-state index >= 15 is 0 Å². The molecule has 1 saturated heterocycles. The van der Waals surface area contributed by atoms with Gasteiger partial charge in [-0.15, -0.1) is 0 Å². The van der Waals surface area contributed by atoms with Crippen molar-refractivity contribution in [3.8, 4) is 11.5 Å². The Labute approximate surface area is 435 Å². The summed E-state index contributed by atoms with van der Waals surface area (Å²) in [4.78, 5) is 24.3. The molecule has 16 heteroatoms. The number of nitrogens with two attached hydrogens (primary N) is 1. The Kier molecular flexibility index (Phi) is 20.4. The smallest absolute Gasteiger partial charge is 0.407 e. The SMILES string of the molecule is CC(C)(C)Cc1ccc2c(c1)C(NC[C@@H](O)C(Cc1cc(F)cc(F)c1)NC(=O)OC(C)(C)C)CCO2.CC(C)(C)Cc1ccc2c(c1)[C@@H](N)CCO2.CC(C)(C)OC(=O)NC(Cc1cc(F)cc(F)c1)[C@H]1CO1. The van der Waals surface area contributed by atoms with Gasteiger partial charge >= 0.3 is 12.2 Å². The van der Waals surface area contributed by atoms with Crippen LogP contribution in [0.5, 0.6) is 11.5 Å². The minimum absolute atomic E-state index is 0.0247. The third-order valence-corrected chi connectivity index (χ3v) is 11.7. The van der Waals surface area contributed by atoms with E-state index in [1.165, 1.54) is 41.0 Å². The van der Waals surface area contributed by atoms with Crippen LogP contribution in [0.3, 0.4) is 0 Å². The first-order valence-electron chi connectivity index (χ1n) is 25.6. The predicted octanol–water partition coefficient (Wildman–Crippen LogP) is 11.3. The molecule has 2 amide bonds. The monoisotopic (exact) mass is 1040 g/mol. The maximum Gasteiger partial charge on any atom is 0.407 e. The van der Waals surface area contributed by atoms with Crippen molar-refractivity contribution >= 4 is 12.2 Å². The van der Waals surface area contributed by atoms with Gasteiger partial charge in [0.05, 0.1) is 38.0 Å². The van der Waals surface area contributed by atoms with Crippen LogP contribution in [0.1, 0.15) is 141 Å². The van der Waals surface area contributed by atoms with E-state index in [4.69, 9.17) is 29.4 Å². The molecular formula is C58H80F4N4O8. The van der Waals surface area contributed by atoms with Gasteiger partial charge in [-0.05, 0) is 137 Å². The van der Waals surface area contributed by atoms with Crippen LogP contribution < -0.4 is 31.2 Å². The summed E-state index contributed by atoms with van der Waals surface area (Å²) in [6, 6.07) is 18.0. The molecule has 0 aromatic heterocycles. The molecule has 6 atom stereocenters. The number of benzene rings is 4. The molecule has 3 aliphatic heterocycles. The second-order valence-corrected chi connectivity index (χ2v) is 24.0. The first-order chi connectivity index (χ1) is 34.4. The Hall–Kier alpha value is -5.42. The average molecular weight is 1040 g/mol. The molecule has 408 valence electrons. The lowest BCUT2D eigenvalue weighted by molar-refractivity contribution is 0.0417. The minimum atomic E-state index is -1.05. The number of rotatable bonds is 13. The summed E-state index contributed by atoms with van der Waals surface area (Å²) < 4.78 is 81.1. The zero-order valence-corrected chi connectivity index (χ0v) is 45.4. The van der Waals surface area contributed by atoms with Crippen molar-refractivity contribution < 1.29 is 55.9 Å². The third-order valence-electron chi connectivity index (χ3n) is 11.7. The van der Waals surface area contributed by atoms with Gasteiger partial charge in [-0.25, -0.2) is 27.2 Å². The van der Waals surface area contributed by atoms with Gasteiger partial charge in [0.1, 0.15) is 52.1 Å². The summed E-state index contributed by atoms with van der Waals surface area (Å²) in [5.74, 6) is -0.937. The molecule has 4 aromatic carbocycles. The van der Waals surface area contributed by atoms with Crippen molar-refractivity contribution in [3.63, 3.8) is 0 Å². The highest BCUT2D eigenvalue weighted by Crippen LogP contribution is 2.35. The van der Waals surface area contributed by atoms with E-state index < -0.39 is 58.8 Å². The van der Waals surface area contributed by atoms with Crippen LogP contribution in [0.4, 0.5) is 27.2 Å². The molecule has 3 aliphatic rings. The van der Waals surface area contributed by atoms with Gasteiger partial charge in [0.15, 0.2) is 0 Å². The first kappa shape index (κ1) is 59.5. The third kappa shape index (κ3) is 21.1. The number of epoxide rings is 1. The molecule has 12 nitrogen and oxygen atoms in total. The van der Waals surface area contributed by atoms with E-state index in [1.54, 1.807) is 41.5 Å². The second kappa shape index (κ2) is 25.4. The van der Waals surface area contributed by atoms with Crippen LogP contribution >= 0.6 is 0 Å². The average Bonchev–Trinajstić information content (AvgIpc) is 4.09. The van der Waals surface area contributed by atoms with E-state index in [-0.39, 0.29) is 49.0 Å². The maximum atomic E-state index is 13.8. The number of carbonyl (C=O) groups is 2. The molecule has 0 bridgehead atoms. The molecule has 0 radical (unpaired) electrons. The van der Waals surface area contributed by atoms with Crippen molar-refractivity contribution in [2.24, 2.45) is 16.6 Å². The second-order valence-electron chi connectivity index (χ2n) is 24.0. The van der Waals surface area contributed by atoms with Crippen LogP contribution in [0, 0.1) is 34.1 Å². The van der Waals surface area contributed by atoms with Gasteiger partial charge in [-0.1, -0.05) is 65.8 Å². The van der Waals surface area contributed by atoms with Crippen molar-refractivity contribution in [2.75, 3.05) is 26.4 Å². The standard InChI is InChI=1S/C29H40F2N2O4.C15H19F2NO3.C14H21NO/c1-28(2,3)16-18-7-8-26-22(13-18)23(9-10-36-26)32-17-25(34)24(33-27(35)37-29(4,5)6)14-19-11-20(30)15-21(31)12-19;1-15(2,3)21-14(19)18-12(13-8-20-13)6-9-4-10(16)7-11(17)5-9;1-14(2,3)9-10-4-5-13-11(8-10)12(15)6-7-16-13/h7-8,11-13,15,23-25,32,34H,9-10,14,16-17H2,1-6H3,(H,33,35);4-5,7,12-13H,6,8H2,1-3H3,(H,18,19);4-5,8,12H,6-7,9,15H2,1-3H3/t23?,24?,25-;12?,13-;12-/m110/s1. The molecule has 0 saturated carbocycles. The van der Waals surface area contributed by atoms with E-state index in [0.717, 1.165) is 61.5 Å². The number of halogens is 4. The van der Waals surface area contributed by atoms with Crippen LogP contribution in [0.2, 0.25) is 0 Å². The van der Waals surface area contributed by atoms with Crippen molar-refractivity contribution in [1.82, 2.24) is 16.0 Å². The lowest BCUT2D eigenvalue weighted by atomic mass is 9.86. The van der Waals surface area contributed by atoms with Gasteiger partial charge in [-0.3, -0.25) is 0 Å².